The monoisotopic (exact) mass is 287 g/mol. The van der Waals surface area contributed by atoms with Crippen LogP contribution in [0.4, 0.5) is 0 Å². The summed E-state index contributed by atoms with van der Waals surface area (Å²) >= 11 is 0. The topological polar surface area (TPSA) is 49.8 Å². The average molecular weight is 287 g/mol. The summed E-state index contributed by atoms with van der Waals surface area (Å²) in [5, 5.41) is 9.44. The lowest BCUT2D eigenvalue weighted by Crippen LogP contribution is -2.40. The van der Waals surface area contributed by atoms with Crippen molar-refractivity contribution < 1.29 is 14.6 Å². The minimum absolute atomic E-state index is 0.00428. The summed E-state index contributed by atoms with van der Waals surface area (Å²) in [6, 6.07) is 7.57. The first-order chi connectivity index (χ1) is 10.0. The van der Waals surface area contributed by atoms with Gasteiger partial charge in [-0.25, -0.2) is 0 Å². The fourth-order valence-corrected chi connectivity index (χ4v) is 3.14. The molecule has 0 unspecified atom stereocenters. The van der Waals surface area contributed by atoms with E-state index in [-0.39, 0.29) is 18.6 Å². The minimum Gasteiger partial charge on any atom is -0.483 e. The van der Waals surface area contributed by atoms with Crippen LogP contribution in [-0.4, -0.2) is 40.7 Å². The van der Waals surface area contributed by atoms with Crippen molar-refractivity contribution in [3.8, 4) is 5.75 Å². The molecular weight excluding hydrogens is 266 g/mol. The molecule has 1 amide bonds. The molecule has 21 heavy (non-hydrogen) atoms. The van der Waals surface area contributed by atoms with E-state index in [1.54, 1.807) is 4.90 Å². The van der Waals surface area contributed by atoms with Crippen LogP contribution >= 0.6 is 0 Å². The fraction of sp³-hybridized carbons (Fsp3) is 0.471. The van der Waals surface area contributed by atoms with Crippen molar-refractivity contribution in [3.05, 3.63) is 35.9 Å². The molecule has 4 heteroatoms. The largest absolute Gasteiger partial charge is 0.483 e. The van der Waals surface area contributed by atoms with Crippen molar-refractivity contribution in [1.29, 1.82) is 0 Å². The second-order valence-electron chi connectivity index (χ2n) is 6.24. The molecular formula is C17H21NO3. The molecule has 0 bridgehead atoms. The number of amides is 1. The highest BCUT2D eigenvalue weighted by Crippen LogP contribution is 2.37. The lowest BCUT2D eigenvalue weighted by Gasteiger charge is -2.33. The Balaban J connectivity index is 1.99. The van der Waals surface area contributed by atoms with Crippen molar-refractivity contribution in [2.45, 2.75) is 38.3 Å². The third-order valence-electron chi connectivity index (χ3n) is 4.12. The Morgan fingerprint density at radius 3 is 2.95 bits per heavy atom. The Labute approximate surface area is 125 Å². The standard InChI is InChI=1S/C17H21NO3/c1-17(2)10-14(13-7-3-4-8-15(13)21-17)16(20)18-9-5-6-12(18)11-19/h3-4,7-8,10,12,19H,5-6,9,11H2,1-2H3/t12-/m0/s1. The molecule has 3 rings (SSSR count). The van der Waals surface area contributed by atoms with Gasteiger partial charge in [0.2, 0.25) is 0 Å². The normalized spacial score (nSPS) is 23.3. The highest BCUT2D eigenvalue weighted by molar-refractivity contribution is 6.21. The fourth-order valence-electron chi connectivity index (χ4n) is 3.14. The van der Waals surface area contributed by atoms with Gasteiger partial charge in [0.05, 0.1) is 18.2 Å². The van der Waals surface area contributed by atoms with E-state index >= 15 is 0 Å². The highest BCUT2D eigenvalue weighted by atomic mass is 16.5. The van der Waals surface area contributed by atoms with Gasteiger partial charge in [-0.15, -0.1) is 0 Å². The quantitative estimate of drug-likeness (QED) is 0.907. The zero-order valence-corrected chi connectivity index (χ0v) is 12.5. The van der Waals surface area contributed by atoms with Crippen molar-refractivity contribution >= 4 is 11.5 Å². The van der Waals surface area contributed by atoms with Crippen LogP contribution in [0.1, 0.15) is 32.3 Å². The van der Waals surface area contributed by atoms with E-state index in [1.165, 1.54) is 0 Å². The van der Waals surface area contributed by atoms with Gasteiger partial charge in [-0.3, -0.25) is 4.79 Å². The van der Waals surface area contributed by atoms with Gasteiger partial charge in [0.1, 0.15) is 11.4 Å². The van der Waals surface area contributed by atoms with Gasteiger partial charge in [-0.05, 0) is 38.8 Å². The molecule has 1 atom stereocenters. The lowest BCUT2D eigenvalue weighted by molar-refractivity contribution is -0.126. The molecule has 0 aliphatic carbocycles. The van der Waals surface area contributed by atoms with Crippen LogP contribution < -0.4 is 4.74 Å². The third-order valence-corrected chi connectivity index (χ3v) is 4.12. The second kappa shape index (κ2) is 5.19. The first kappa shape index (κ1) is 14.1. The summed E-state index contributed by atoms with van der Waals surface area (Å²) in [7, 11) is 0. The number of fused-ring (bicyclic) bond motifs is 1. The van der Waals surface area contributed by atoms with Gasteiger partial charge in [-0.1, -0.05) is 18.2 Å². The third kappa shape index (κ3) is 2.56. The summed E-state index contributed by atoms with van der Waals surface area (Å²) in [6.45, 7) is 4.64. The number of rotatable bonds is 2. The first-order valence-corrected chi connectivity index (χ1v) is 7.45. The number of carbonyl (C=O) groups is 1. The smallest absolute Gasteiger partial charge is 0.254 e. The van der Waals surface area contributed by atoms with Crippen molar-refractivity contribution in [1.82, 2.24) is 4.90 Å². The van der Waals surface area contributed by atoms with Gasteiger partial charge in [0.15, 0.2) is 0 Å². The van der Waals surface area contributed by atoms with Crippen LogP contribution in [0.3, 0.4) is 0 Å². The van der Waals surface area contributed by atoms with E-state index in [9.17, 15) is 9.90 Å². The van der Waals surface area contributed by atoms with E-state index in [0.717, 1.165) is 24.2 Å². The van der Waals surface area contributed by atoms with Crippen LogP contribution in [0.2, 0.25) is 0 Å². The number of nitrogens with zero attached hydrogens (tertiary/aromatic N) is 1. The lowest BCUT2D eigenvalue weighted by atomic mass is 9.93. The van der Waals surface area contributed by atoms with E-state index in [2.05, 4.69) is 0 Å². The average Bonchev–Trinajstić information content (AvgIpc) is 2.93. The first-order valence-electron chi connectivity index (χ1n) is 7.45. The molecule has 1 aromatic carbocycles. The summed E-state index contributed by atoms with van der Waals surface area (Å²) in [5.41, 5.74) is 1.01. The van der Waals surface area contributed by atoms with Crippen LogP contribution in [-0.2, 0) is 4.79 Å². The van der Waals surface area contributed by atoms with E-state index in [0.29, 0.717) is 12.1 Å². The minimum atomic E-state index is -0.506. The van der Waals surface area contributed by atoms with Gasteiger partial charge in [-0.2, -0.15) is 0 Å². The predicted octanol–water partition coefficient (Wildman–Crippen LogP) is 2.22. The molecule has 2 aliphatic rings. The number of likely N-dealkylation sites (tertiary alicyclic amines) is 1. The molecule has 1 N–H and O–H groups in total. The Bertz CT molecular complexity index is 591. The molecule has 0 spiro atoms. The Morgan fingerprint density at radius 1 is 1.43 bits per heavy atom. The number of hydrogen-bond acceptors (Lipinski definition) is 3. The summed E-state index contributed by atoms with van der Waals surface area (Å²) < 4.78 is 5.92. The number of aliphatic hydroxyl groups is 1. The van der Waals surface area contributed by atoms with Crippen LogP contribution in [0.5, 0.6) is 5.75 Å². The highest BCUT2D eigenvalue weighted by Gasteiger charge is 2.35. The van der Waals surface area contributed by atoms with Gasteiger partial charge < -0.3 is 14.7 Å². The molecule has 2 aliphatic heterocycles. The Hall–Kier alpha value is -1.81. The van der Waals surface area contributed by atoms with Crippen molar-refractivity contribution in [3.63, 3.8) is 0 Å². The number of benzene rings is 1. The number of para-hydroxylation sites is 1. The zero-order valence-electron chi connectivity index (χ0n) is 12.5. The molecule has 112 valence electrons. The molecule has 4 nitrogen and oxygen atoms in total. The second-order valence-corrected chi connectivity index (χ2v) is 6.24. The van der Waals surface area contributed by atoms with Crippen LogP contribution in [0.15, 0.2) is 30.3 Å². The Morgan fingerprint density at radius 2 is 2.19 bits per heavy atom. The van der Waals surface area contributed by atoms with Gasteiger partial charge in [0, 0.05) is 12.1 Å². The number of hydrogen-bond donors (Lipinski definition) is 1. The van der Waals surface area contributed by atoms with E-state index in [1.807, 2.05) is 44.2 Å². The number of ether oxygens (including phenoxy) is 1. The maximum absolute atomic E-state index is 12.9. The summed E-state index contributed by atoms with van der Waals surface area (Å²) in [6.07, 6.45) is 3.72. The molecule has 1 saturated heterocycles. The molecule has 0 saturated carbocycles. The SMILES string of the molecule is CC1(C)C=C(C(=O)N2CCC[C@H]2CO)c2ccccc2O1. The molecule has 1 aromatic rings. The molecule has 0 radical (unpaired) electrons. The summed E-state index contributed by atoms with van der Waals surface area (Å²) in [4.78, 5) is 14.7. The molecule has 2 heterocycles. The number of aliphatic hydroxyl groups excluding tert-OH is 1. The van der Waals surface area contributed by atoms with Gasteiger partial charge in [0.25, 0.3) is 5.91 Å². The molecule has 0 aromatic heterocycles. The van der Waals surface area contributed by atoms with Crippen molar-refractivity contribution in [2.24, 2.45) is 0 Å². The predicted molar refractivity (Wildman–Crippen MR) is 80.9 cm³/mol. The molecule has 1 fully saturated rings. The zero-order chi connectivity index (χ0) is 15.0. The summed E-state index contributed by atoms with van der Waals surface area (Å²) in [5.74, 6) is 0.739. The van der Waals surface area contributed by atoms with E-state index < -0.39 is 5.60 Å². The Kier molecular flexibility index (Phi) is 3.49. The van der Waals surface area contributed by atoms with Crippen LogP contribution in [0.25, 0.3) is 5.57 Å². The maximum Gasteiger partial charge on any atom is 0.254 e. The van der Waals surface area contributed by atoms with Crippen LogP contribution in [0, 0.1) is 0 Å². The maximum atomic E-state index is 12.9. The van der Waals surface area contributed by atoms with Crippen molar-refractivity contribution in [2.75, 3.05) is 13.2 Å². The van der Waals surface area contributed by atoms with E-state index in [4.69, 9.17) is 4.74 Å². The number of carbonyl (C=O) groups excluding carboxylic acids is 1. The van der Waals surface area contributed by atoms with Gasteiger partial charge >= 0.3 is 0 Å².